The van der Waals surface area contributed by atoms with Crippen molar-refractivity contribution >= 4 is 107 Å². The maximum atomic E-state index is 14.3. The van der Waals surface area contributed by atoms with Crippen LogP contribution in [0.5, 0.6) is 0 Å². The van der Waals surface area contributed by atoms with Gasteiger partial charge in [-0.3, -0.25) is 91.9 Å². The number of guanidine groups is 2. The van der Waals surface area contributed by atoms with Crippen molar-refractivity contribution in [3.05, 3.63) is 83.7 Å². The zero-order valence-corrected chi connectivity index (χ0v) is 69.2. The number of benzene rings is 2. The average molecular weight is 1750 g/mol. The fourth-order valence-electron chi connectivity index (χ4n) is 12.5. The highest BCUT2D eigenvalue weighted by Gasteiger charge is 2.36. The molecule has 0 radical (unpaired) electrons. The molecule has 0 bridgehead atoms. The Balaban J connectivity index is 1.23. The van der Waals surface area contributed by atoms with Gasteiger partial charge in [0.2, 0.25) is 82.7 Å². The SMILES string of the molecule is N=C(N)NCCC[C@@H]1NC(=O)[C@H](CCCCNC(=O)CCN(CCC(=O)NCCCC[C@@H]2NC(=O)[C@@H](Cc3ccccc3)NC(=O)[C@H](CC(=O)O)NC(=O)CNC(=O)[C@H](CCCNC(=N)N)NC2=O)C(=O)CCOCCOCCOCCOCCNC(=O)Cn2cc(CCCF)nn2)NC(=O)[C@@H](Cc2ccccc2)NC(=O)[C@H](CC(=O)O)NC(=O)CNC1=O. The number of carboxylic acids is 2. The Morgan fingerprint density at radius 2 is 0.815 bits per heavy atom. The normalized spacial score (nSPS) is 18.8. The molecule has 124 heavy (non-hydrogen) atoms. The summed E-state index contributed by atoms with van der Waals surface area (Å²) in [5, 5.41) is 80.7. The number of hydrogen-bond acceptors (Lipinski definition) is 24. The summed E-state index contributed by atoms with van der Waals surface area (Å²) in [4.78, 5) is 217. The van der Waals surface area contributed by atoms with Crippen LogP contribution in [0, 0.1) is 10.8 Å². The summed E-state index contributed by atoms with van der Waals surface area (Å²) in [7, 11) is 0. The van der Waals surface area contributed by atoms with Crippen LogP contribution in [0.4, 0.5) is 4.39 Å². The Labute approximate surface area is 715 Å². The van der Waals surface area contributed by atoms with Crippen LogP contribution in [-0.2, 0) is 121 Å². The number of nitrogens with zero attached hydrogens (tertiary/aromatic N) is 4. The fourth-order valence-corrected chi connectivity index (χ4v) is 12.5. The van der Waals surface area contributed by atoms with Gasteiger partial charge in [-0.1, -0.05) is 65.9 Å². The lowest BCUT2D eigenvalue weighted by atomic mass is 10.0. The van der Waals surface area contributed by atoms with E-state index in [1.807, 2.05) is 0 Å². The van der Waals surface area contributed by atoms with Crippen molar-refractivity contribution in [2.75, 3.05) is 118 Å². The van der Waals surface area contributed by atoms with Crippen molar-refractivity contribution in [3.8, 4) is 0 Å². The summed E-state index contributed by atoms with van der Waals surface area (Å²) in [5.74, 6) is -14.7. The first-order chi connectivity index (χ1) is 59.5. The number of rotatable bonds is 52. The van der Waals surface area contributed by atoms with Crippen LogP contribution in [0.1, 0.15) is 120 Å². The van der Waals surface area contributed by atoms with Gasteiger partial charge < -0.3 is 125 Å². The number of aliphatic carboxylic acids is 2. The first kappa shape index (κ1) is 102. The third-order valence-electron chi connectivity index (χ3n) is 18.9. The van der Waals surface area contributed by atoms with Gasteiger partial charge >= 0.3 is 11.9 Å². The summed E-state index contributed by atoms with van der Waals surface area (Å²) >= 11 is 0. The van der Waals surface area contributed by atoms with Crippen LogP contribution in [0.15, 0.2) is 66.9 Å². The van der Waals surface area contributed by atoms with Gasteiger partial charge in [-0.2, -0.15) is 0 Å². The molecule has 23 N–H and O–H groups in total. The molecule has 5 rings (SSSR count). The van der Waals surface area contributed by atoms with Gasteiger partial charge in [0.05, 0.1) is 97.6 Å². The molecular weight excluding hydrogens is 1630 g/mol. The lowest BCUT2D eigenvalue weighted by Crippen LogP contribution is -2.58. The van der Waals surface area contributed by atoms with E-state index in [-0.39, 0.29) is 219 Å². The number of carbonyl (C=O) groups is 16. The third-order valence-corrected chi connectivity index (χ3v) is 18.9. The van der Waals surface area contributed by atoms with E-state index >= 15 is 0 Å². The molecule has 2 aliphatic heterocycles. The number of aromatic nitrogens is 3. The minimum Gasteiger partial charge on any atom is -0.481 e. The molecule has 684 valence electrons. The molecule has 2 fully saturated rings. The van der Waals surface area contributed by atoms with Crippen LogP contribution in [0.25, 0.3) is 0 Å². The predicted molar refractivity (Wildman–Crippen MR) is 439 cm³/mol. The second-order valence-corrected chi connectivity index (χ2v) is 28.9. The zero-order valence-electron chi connectivity index (χ0n) is 69.2. The lowest BCUT2D eigenvalue weighted by molar-refractivity contribution is -0.141. The van der Waals surface area contributed by atoms with E-state index in [2.05, 4.69) is 90.1 Å². The van der Waals surface area contributed by atoms with E-state index in [1.54, 1.807) is 66.9 Å². The van der Waals surface area contributed by atoms with E-state index in [0.29, 0.717) is 29.7 Å². The Bertz CT molecular complexity index is 3790. The number of aryl methyl sites for hydroxylation is 1. The Morgan fingerprint density at radius 1 is 0.444 bits per heavy atom. The second kappa shape index (κ2) is 58.4. The van der Waals surface area contributed by atoms with Crippen LogP contribution in [0.3, 0.4) is 0 Å². The minimum atomic E-state index is -1.71. The number of halogens is 1. The molecule has 0 aliphatic carbocycles. The highest BCUT2D eigenvalue weighted by atomic mass is 19.1. The number of nitrogens with one attached hydrogen (secondary N) is 17. The second-order valence-electron chi connectivity index (χ2n) is 28.9. The maximum absolute atomic E-state index is 14.3. The van der Waals surface area contributed by atoms with Crippen molar-refractivity contribution < 1.29 is 110 Å². The number of hydrogen-bond donors (Lipinski definition) is 21. The first-order valence-corrected chi connectivity index (χ1v) is 41.0. The number of carbonyl (C=O) groups excluding carboxylic acids is 14. The molecule has 45 nitrogen and oxygen atoms in total. The van der Waals surface area contributed by atoms with Gasteiger partial charge in [-0.15, -0.1) is 5.10 Å². The zero-order chi connectivity index (χ0) is 90.4. The van der Waals surface area contributed by atoms with Crippen LogP contribution in [0.2, 0.25) is 0 Å². The van der Waals surface area contributed by atoms with E-state index in [4.69, 9.17) is 41.2 Å². The summed E-state index contributed by atoms with van der Waals surface area (Å²) in [5.41, 5.74) is 12.6. The number of alkyl halides is 1. The van der Waals surface area contributed by atoms with Gasteiger partial charge in [0.15, 0.2) is 11.9 Å². The lowest BCUT2D eigenvalue weighted by Gasteiger charge is -2.26. The standard InChI is InChI=1S/C78H118FN23O22/c79-26-11-18-52-48-102(100-99-52)49-65(107)86-31-35-122-37-39-124-41-40-123-38-36-121-34-25-66(108)101(32-23-61(103)84-27-9-7-19-55-71(115)93-53(21-12-29-87-77(80)81)69(113)89-46-63(105)91-59(44-67(109)110)75(119)97-57(73(117)95-55)42-50-14-3-1-4-15-50)33-24-62(104)85-28-10-8-20-56-72(116)94-54(22-13-30-88-78(82)83)70(114)90-47-64(106)92-60(45-68(111)112)76(120)98-58(74(118)96-56)43-51-16-5-2-6-17-51/h1-6,14-17,48,53-60H,7-13,18-47,49H2,(H,84,103)(H,85,104)(H,86,107)(H,89,113)(H,90,114)(H,91,105)(H,92,106)(H,93,115)(H,94,116)(H,95,117)(H,96,118)(H,97,119)(H,98,120)(H,109,110)(H,111,112)(H4,80,81,87)(H4,82,83,88)/t53-,54-,55-,56-,57+,58+,59-,60-/m0/s1. The van der Waals surface area contributed by atoms with Crippen LogP contribution >= 0.6 is 0 Å². The van der Waals surface area contributed by atoms with Gasteiger partial charge in [-0.25, -0.2) is 4.68 Å². The highest BCUT2D eigenvalue weighted by Crippen LogP contribution is 2.14. The van der Waals surface area contributed by atoms with Crippen molar-refractivity contribution in [1.82, 2.24) is 99.6 Å². The topological polar surface area (TPSA) is 665 Å². The number of carboxylic acid groups (broad SMARTS) is 2. The molecule has 0 spiro atoms. The quantitative estimate of drug-likeness (QED) is 0.0142. The molecular formula is C78H118FN23O22. The van der Waals surface area contributed by atoms with Crippen molar-refractivity contribution in [3.63, 3.8) is 0 Å². The van der Waals surface area contributed by atoms with E-state index in [0.717, 1.165) is 0 Å². The molecule has 1 aromatic heterocycles. The molecule has 2 aliphatic rings. The number of amides is 14. The van der Waals surface area contributed by atoms with Crippen LogP contribution < -0.4 is 91.2 Å². The summed E-state index contributed by atoms with van der Waals surface area (Å²) in [6, 6.07) is 5.02. The van der Waals surface area contributed by atoms with Gasteiger partial charge in [0.1, 0.15) is 54.9 Å². The Morgan fingerprint density at radius 3 is 1.23 bits per heavy atom. The molecule has 46 heteroatoms. The predicted octanol–water partition coefficient (Wildman–Crippen LogP) is -5.97. The molecule has 2 aromatic carbocycles. The fraction of sp³-hybridized carbons (Fsp3) is 0.590. The number of nitrogens with two attached hydrogens (primary N) is 2. The average Bonchev–Trinajstić information content (AvgIpc) is 1.35. The van der Waals surface area contributed by atoms with E-state index < -0.39 is 170 Å². The summed E-state index contributed by atoms with van der Waals surface area (Å²) in [6.07, 6.45) is 0.111. The monoisotopic (exact) mass is 1750 g/mol. The Hall–Kier alpha value is -12.6. The molecule has 14 amide bonds. The summed E-state index contributed by atoms with van der Waals surface area (Å²) < 4.78 is 36.2. The van der Waals surface area contributed by atoms with E-state index in [9.17, 15) is 91.3 Å². The minimum absolute atomic E-state index is 0.00502. The maximum Gasteiger partial charge on any atom is 0.305 e. The molecule has 3 aromatic rings. The molecule has 3 heterocycles. The number of unbranched alkanes of at least 4 members (excludes halogenated alkanes) is 2. The molecule has 0 saturated carbocycles. The molecule has 2 saturated heterocycles. The van der Waals surface area contributed by atoms with E-state index in [1.165, 1.54) is 9.58 Å². The van der Waals surface area contributed by atoms with Crippen molar-refractivity contribution in [2.24, 2.45) is 11.5 Å². The highest BCUT2D eigenvalue weighted by molar-refractivity contribution is 6.00. The van der Waals surface area contributed by atoms with Gasteiger partial charge in [-0.05, 0) is 88.2 Å². The molecule has 8 atom stereocenters. The van der Waals surface area contributed by atoms with Crippen molar-refractivity contribution in [1.29, 1.82) is 10.8 Å². The smallest absolute Gasteiger partial charge is 0.305 e. The summed E-state index contributed by atoms with van der Waals surface area (Å²) in [6.45, 7) is -0.723. The third kappa shape index (κ3) is 43.3. The van der Waals surface area contributed by atoms with Crippen molar-refractivity contribution in [2.45, 2.75) is 177 Å². The van der Waals surface area contributed by atoms with Crippen LogP contribution in [-0.4, -0.2) is 303 Å². The Kier molecular flexibility index (Phi) is 48.0. The number of ether oxygens (including phenoxy) is 4. The first-order valence-electron chi connectivity index (χ1n) is 41.0. The van der Waals surface area contributed by atoms with Gasteiger partial charge in [0.25, 0.3) is 0 Å². The largest absolute Gasteiger partial charge is 0.481 e. The van der Waals surface area contributed by atoms with Gasteiger partial charge in [0, 0.05) is 77.7 Å². The molecule has 0 unspecified atom stereocenters.